The molecule has 0 saturated carbocycles. The molecule has 0 aromatic carbocycles. The lowest BCUT2D eigenvalue weighted by molar-refractivity contribution is 0.0708. The van der Waals surface area contributed by atoms with Crippen molar-refractivity contribution in [2.75, 3.05) is 13.1 Å². The first-order valence-corrected chi connectivity index (χ1v) is 5.33. The molecular formula is C11H14FN3O. The van der Waals surface area contributed by atoms with Gasteiger partial charge in [-0.3, -0.25) is 4.79 Å². The van der Waals surface area contributed by atoms with Gasteiger partial charge in [0.05, 0.1) is 5.56 Å². The van der Waals surface area contributed by atoms with Crippen LogP contribution in [0.5, 0.6) is 0 Å². The van der Waals surface area contributed by atoms with Gasteiger partial charge in [-0.05, 0) is 25.0 Å². The Morgan fingerprint density at radius 3 is 3.00 bits per heavy atom. The summed E-state index contributed by atoms with van der Waals surface area (Å²) in [6.07, 6.45) is 3.13. The van der Waals surface area contributed by atoms with Crippen LogP contribution in [0.4, 0.5) is 4.39 Å². The number of nitrogens with two attached hydrogens (primary N) is 1. The van der Waals surface area contributed by atoms with Crippen molar-refractivity contribution in [3.8, 4) is 0 Å². The Kier molecular flexibility index (Phi) is 3.14. The standard InChI is InChI=1S/C11H14FN3O/c12-10-4-3-8(6-14-10)11(16)15-5-1-2-9(13)7-15/h3-4,6,9H,1-2,5,7,13H2/t9-/m1/s1. The van der Waals surface area contributed by atoms with Crippen LogP contribution in [0.15, 0.2) is 18.3 Å². The largest absolute Gasteiger partial charge is 0.337 e. The van der Waals surface area contributed by atoms with Gasteiger partial charge in [-0.15, -0.1) is 0 Å². The van der Waals surface area contributed by atoms with Crippen LogP contribution in [-0.2, 0) is 0 Å². The third-order valence-electron chi connectivity index (χ3n) is 2.72. The quantitative estimate of drug-likeness (QED) is 0.716. The van der Waals surface area contributed by atoms with Gasteiger partial charge in [0, 0.05) is 25.3 Å². The SMILES string of the molecule is N[C@@H]1CCCN(C(=O)c2ccc(F)nc2)C1. The Morgan fingerprint density at radius 1 is 1.56 bits per heavy atom. The smallest absolute Gasteiger partial charge is 0.255 e. The first-order valence-electron chi connectivity index (χ1n) is 5.33. The van der Waals surface area contributed by atoms with Gasteiger partial charge in [0.15, 0.2) is 0 Å². The van der Waals surface area contributed by atoms with Crippen molar-refractivity contribution >= 4 is 5.91 Å². The normalized spacial score (nSPS) is 20.9. The Bertz CT molecular complexity index is 379. The second kappa shape index (κ2) is 4.57. The number of halogens is 1. The molecule has 2 N–H and O–H groups in total. The maximum absolute atomic E-state index is 12.6. The Morgan fingerprint density at radius 2 is 2.38 bits per heavy atom. The molecule has 1 atom stereocenters. The number of rotatable bonds is 1. The van der Waals surface area contributed by atoms with Crippen LogP contribution in [-0.4, -0.2) is 34.9 Å². The number of pyridine rings is 1. The summed E-state index contributed by atoms with van der Waals surface area (Å²) in [6, 6.07) is 2.69. The van der Waals surface area contributed by atoms with Gasteiger partial charge in [0.2, 0.25) is 5.95 Å². The van der Waals surface area contributed by atoms with Crippen molar-refractivity contribution in [1.29, 1.82) is 0 Å². The number of hydrogen-bond donors (Lipinski definition) is 1. The van der Waals surface area contributed by atoms with E-state index in [0.29, 0.717) is 18.7 Å². The summed E-state index contributed by atoms with van der Waals surface area (Å²) < 4.78 is 12.6. The second-order valence-corrected chi connectivity index (χ2v) is 4.02. The van der Waals surface area contributed by atoms with E-state index < -0.39 is 5.95 Å². The van der Waals surface area contributed by atoms with Crippen molar-refractivity contribution in [2.45, 2.75) is 18.9 Å². The molecule has 5 heteroatoms. The van der Waals surface area contributed by atoms with Crippen LogP contribution in [0.1, 0.15) is 23.2 Å². The first-order chi connectivity index (χ1) is 7.66. The van der Waals surface area contributed by atoms with Gasteiger partial charge in [0.1, 0.15) is 0 Å². The third kappa shape index (κ3) is 2.36. The fraction of sp³-hybridized carbons (Fsp3) is 0.455. The highest BCUT2D eigenvalue weighted by atomic mass is 19.1. The number of amides is 1. The van der Waals surface area contributed by atoms with Crippen molar-refractivity contribution in [3.63, 3.8) is 0 Å². The van der Waals surface area contributed by atoms with Crippen LogP contribution < -0.4 is 5.73 Å². The van der Waals surface area contributed by atoms with Gasteiger partial charge < -0.3 is 10.6 Å². The summed E-state index contributed by atoms with van der Waals surface area (Å²) in [5.74, 6) is -0.699. The van der Waals surface area contributed by atoms with Gasteiger partial charge >= 0.3 is 0 Å². The van der Waals surface area contributed by atoms with Crippen molar-refractivity contribution in [3.05, 3.63) is 29.8 Å². The molecule has 0 bridgehead atoms. The number of nitrogens with zero attached hydrogens (tertiary/aromatic N) is 2. The summed E-state index contributed by atoms with van der Waals surface area (Å²) in [6.45, 7) is 1.28. The number of piperidine rings is 1. The summed E-state index contributed by atoms with van der Waals surface area (Å²) in [4.78, 5) is 17.1. The lowest BCUT2D eigenvalue weighted by Gasteiger charge is -2.30. The molecule has 16 heavy (non-hydrogen) atoms. The molecule has 1 amide bonds. The Balaban J connectivity index is 2.09. The summed E-state index contributed by atoms with van der Waals surface area (Å²) in [5.41, 5.74) is 6.21. The molecule has 4 nitrogen and oxygen atoms in total. The van der Waals surface area contributed by atoms with E-state index in [9.17, 15) is 9.18 Å². The van der Waals surface area contributed by atoms with E-state index in [1.54, 1.807) is 4.90 Å². The van der Waals surface area contributed by atoms with E-state index in [4.69, 9.17) is 5.73 Å². The molecule has 1 aliphatic rings. The average Bonchev–Trinajstić information content (AvgIpc) is 2.29. The van der Waals surface area contributed by atoms with Crippen molar-refractivity contribution in [1.82, 2.24) is 9.88 Å². The molecule has 0 radical (unpaired) electrons. The first kappa shape index (κ1) is 11.0. The molecule has 2 heterocycles. The van der Waals surface area contributed by atoms with Gasteiger partial charge in [0.25, 0.3) is 5.91 Å². The highest BCUT2D eigenvalue weighted by Crippen LogP contribution is 2.12. The highest BCUT2D eigenvalue weighted by Gasteiger charge is 2.22. The number of carbonyl (C=O) groups excluding carboxylic acids is 1. The van der Waals surface area contributed by atoms with E-state index in [2.05, 4.69) is 4.98 Å². The number of likely N-dealkylation sites (tertiary alicyclic amines) is 1. The van der Waals surface area contributed by atoms with Gasteiger partial charge in [-0.1, -0.05) is 0 Å². The van der Waals surface area contributed by atoms with Crippen LogP contribution in [0.3, 0.4) is 0 Å². The zero-order valence-corrected chi connectivity index (χ0v) is 8.90. The Hall–Kier alpha value is -1.49. The second-order valence-electron chi connectivity index (χ2n) is 4.02. The van der Waals surface area contributed by atoms with E-state index in [-0.39, 0.29) is 11.9 Å². The average molecular weight is 223 g/mol. The predicted molar refractivity (Wildman–Crippen MR) is 57.3 cm³/mol. The molecule has 1 aromatic heterocycles. The molecule has 1 aromatic rings. The lowest BCUT2D eigenvalue weighted by Crippen LogP contribution is -2.45. The van der Waals surface area contributed by atoms with Crippen molar-refractivity contribution < 1.29 is 9.18 Å². The zero-order valence-electron chi connectivity index (χ0n) is 8.90. The molecule has 1 fully saturated rings. The minimum atomic E-state index is -0.577. The summed E-state index contributed by atoms with van der Waals surface area (Å²) in [5, 5.41) is 0. The predicted octanol–water partition coefficient (Wildman–Crippen LogP) is 0.784. The fourth-order valence-electron chi connectivity index (χ4n) is 1.88. The van der Waals surface area contributed by atoms with Gasteiger partial charge in [-0.25, -0.2) is 4.98 Å². The minimum Gasteiger partial charge on any atom is -0.337 e. The highest BCUT2D eigenvalue weighted by molar-refractivity contribution is 5.93. The van der Waals surface area contributed by atoms with E-state index >= 15 is 0 Å². The third-order valence-corrected chi connectivity index (χ3v) is 2.72. The number of carbonyl (C=O) groups is 1. The molecule has 1 saturated heterocycles. The maximum Gasteiger partial charge on any atom is 0.255 e. The maximum atomic E-state index is 12.6. The van der Waals surface area contributed by atoms with Crippen LogP contribution in [0, 0.1) is 5.95 Å². The van der Waals surface area contributed by atoms with Crippen LogP contribution >= 0.6 is 0 Å². The van der Waals surface area contributed by atoms with Crippen LogP contribution in [0.25, 0.3) is 0 Å². The Labute approximate surface area is 93.3 Å². The number of hydrogen-bond acceptors (Lipinski definition) is 3. The van der Waals surface area contributed by atoms with Gasteiger partial charge in [-0.2, -0.15) is 4.39 Å². The van der Waals surface area contributed by atoms with E-state index in [0.717, 1.165) is 12.8 Å². The van der Waals surface area contributed by atoms with Crippen molar-refractivity contribution in [2.24, 2.45) is 5.73 Å². The van der Waals surface area contributed by atoms with E-state index in [1.807, 2.05) is 0 Å². The monoisotopic (exact) mass is 223 g/mol. The molecular weight excluding hydrogens is 209 g/mol. The molecule has 86 valence electrons. The van der Waals surface area contributed by atoms with E-state index in [1.165, 1.54) is 18.3 Å². The summed E-state index contributed by atoms with van der Waals surface area (Å²) in [7, 11) is 0. The molecule has 0 aliphatic carbocycles. The molecule has 0 spiro atoms. The lowest BCUT2D eigenvalue weighted by atomic mass is 10.1. The fourth-order valence-corrected chi connectivity index (χ4v) is 1.88. The van der Waals surface area contributed by atoms with Crippen LogP contribution in [0.2, 0.25) is 0 Å². The zero-order chi connectivity index (χ0) is 11.5. The minimum absolute atomic E-state index is 0.0473. The molecule has 1 aliphatic heterocycles. The molecule has 2 rings (SSSR count). The molecule has 0 unspecified atom stereocenters. The number of aromatic nitrogens is 1. The summed E-state index contributed by atoms with van der Waals surface area (Å²) >= 11 is 0. The topological polar surface area (TPSA) is 59.2 Å².